The fourth-order valence-electron chi connectivity index (χ4n) is 7.42. The normalized spacial score (nSPS) is 22.7. The van der Waals surface area contributed by atoms with Gasteiger partial charge in [-0.15, -0.1) is 0 Å². The number of benzene rings is 2. The third-order valence-corrected chi connectivity index (χ3v) is 10.5. The minimum atomic E-state index is -1.15. The number of aliphatic imine (C=N–C) groups is 1. The molecule has 2 aromatic carbocycles. The Morgan fingerprint density at radius 3 is 2.36 bits per heavy atom. The molecule has 2 aliphatic rings. The summed E-state index contributed by atoms with van der Waals surface area (Å²) in [4.78, 5) is 104. The number of hydrogen-bond donors (Lipinski definition) is 9. The van der Waals surface area contributed by atoms with Crippen LogP contribution in [0.5, 0.6) is 0 Å². The summed E-state index contributed by atoms with van der Waals surface area (Å²) in [5.41, 5.74) is 13.4. The molecule has 2 aliphatic heterocycles. The average Bonchev–Trinajstić information content (AvgIpc) is 3.87. The lowest BCUT2D eigenvalue weighted by atomic mass is 10.0. The van der Waals surface area contributed by atoms with E-state index in [0.717, 1.165) is 22.0 Å². The van der Waals surface area contributed by atoms with E-state index in [9.17, 15) is 33.6 Å². The fraction of sp³-hybridized carbons (Fsp3) is 0.463. The first-order valence-corrected chi connectivity index (χ1v) is 20.0. The highest BCUT2D eigenvalue weighted by Crippen LogP contribution is 2.22. The largest absolute Gasteiger partial charge is 0.370 e. The number of guanidine groups is 1. The third kappa shape index (κ3) is 12.3. The SMILES string of the molecule is CC(=O)N[C@@H](Cc1ccccc1)C(=O)NC1CCCNC(=O)[C@H](CCCN=C(N)N)NC(=O)[C@H](Cc2c[nH]c3ccccc23)NC(=O)[C@@H](C)NC(=O)[C@@H]2CCCN2C1=O. The number of para-hydroxylation sites is 1. The van der Waals surface area contributed by atoms with Gasteiger partial charge >= 0.3 is 0 Å². The lowest BCUT2D eigenvalue weighted by Crippen LogP contribution is -2.59. The first-order chi connectivity index (χ1) is 28.3. The van der Waals surface area contributed by atoms with Crippen molar-refractivity contribution in [3.8, 4) is 0 Å². The van der Waals surface area contributed by atoms with E-state index < -0.39 is 77.6 Å². The van der Waals surface area contributed by atoms with Crippen molar-refractivity contribution in [3.63, 3.8) is 0 Å². The summed E-state index contributed by atoms with van der Waals surface area (Å²) in [6, 6.07) is 10.2. The van der Waals surface area contributed by atoms with Gasteiger partial charge in [0.1, 0.15) is 36.3 Å². The number of nitrogens with zero attached hydrogens (tertiary/aromatic N) is 2. The van der Waals surface area contributed by atoms with Gasteiger partial charge in [0.2, 0.25) is 41.4 Å². The molecule has 2 fully saturated rings. The molecule has 7 amide bonds. The molecule has 3 heterocycles. The van der Waals surface area contributed by atoms with Crippen molar-refractivity contribution in [1.29, 1.82) is 0 Å². The molecule has 0 saturated carbocycles. The minimum Gasteiger partial charge on any atom is -0.370 e. The van der Waals surface area contributed by atoms with Crippen LogP contribution in [0.25, 0.3) is 10.9 Å². The molecule has 0 spiro atoms. The molecule has 2 saturated heterocycles. The number of aromatic nitrogens is 1. The van der Waals surface area contributed by atoms with Crippen LogP contribution in [0.1, 0.15) is 63.5 Å². The minimum absolute atomic E-state index is 0.0643. The van der Waals surface area contributed by atoms with Crippen LogP contribution >= 0.6 is 0 Å². The molecule has 3 aromatic rings. The number of hydrogen-bond acceptors (Lipinski definition) is 8. The van der Waals surface area contributed by atoms with Crippen LogP contribution in [-0.4, -0.2) is 113 Å². The maximum atomic E-state index is 14.3. The molecule has 18 nitrogen and oxygen atoms in total. The van der Waals surface area contributed by atoms with Crippen molar-refractivity contribution < 1.29 is 33.6 Å². The molecular weight excluding hydrogens is 759 g/mol. The predicted molar refractivity (Wildman–Crippen MR) is 220 cm³/mol. The molecule has 5 rings (SSSR count). The zero-order valence-corrected chi connectivity index (χ0v) is 33.4. The Balaban J connectivity index is 1.41. The summed E-state index contributed by atoms with van der Waals surface area (Å²) in [5.74, 6) is -4.00. The van der Waals surface area contributed by atoms with Gasteiger partial charge in [0.15, 0.2) is 5.96 Å². The van der Waals surface area contributed by atoms with Crippen molar-refractivity contribution >= 4 is 58.2 Å². The van der Waals surface area contributed by atoms with E-state index in [1.807, 2.05) is 54.6 Å². The Hall–Kier alpha value is -6.46. The number of aromatic amines is 1. The Morgan fingerprint density at radius 2 is 1.61 bits per heavy atom. The zero-order chi connectivity index (χ0) is 42.5. The lowest BCUT2D eigenvalue weighted by Gasteiger charge is -2.31. The summed E-state index contributed by atoms with van der Waals surface area (Å²) in [6.07, 6.45) is 3.58. The van der Waals surface area contributed by atoms with E-state index in [1.54, 1.807) is 6.20 Å². The summed E-state index contributed by atoms with van der Waals surface area (Å²) in [5, 5.41) is 17.5. The summed E-state index contributed by atoms with van der Waals surface area (Å²) >= 11 is 0. The molecule has 0 aliphatic carbocycles. The molecule has 0 bridgehead atoms. The second kappa shape index (κ2) is 20.8. The number of nitrogens with two attached hydrogens (primary N) is 2. The topological polar surface area (TPSA) is 275 Å². The standard InChI is InChI=1S/C41H55N11O7/c1-24-35(54)51-33(22-27-23-46-29-14-7-6-13-28(27)29)38(57)49-30(15-8-19-45-41(42)43)36(55)44-18-9-16-31(40(59)52-20-10-17-34(52)39(58)47-24)50-37(56)32(48-25(2)53)21-26-11-4-3-5-12-26/h3-7,11-14,23-24,30-34,46H,8-10,15-22H2,1-2H3,(H,44,55)(H,47,58)(H,48,53)(H,49,57)(H,50,56)(H,51,54)(H4,42,43,45)/t24-,30+,31?,32+,33+,34+/m1/s1. The number of amides is 7. The Labute approximate surface area is 342 Å². The molecule has 18 heteroatoms. The maximum Gasteiger partial charge on any atom is 0.245 e. The first-order valence-electron chi connectivity index (χ1n) is 20.0. The highest BCUT2D eigenvalue weighted by molar-refractivity contribution is 5.97. The van der Waals surface area contributed by atoms with Crippen molar-refractivity contribution in [2.45, 2.75) is 101 Å². The zero-order valence-electron chi connectivity index (χ0n) is 33.4. The summed E-state index contributed by atoms with van der Waals surface area (Å²) in [6.45, 7) is 3.26. The van der Waals surface area contributed by atoms with Gasteiger partial charge in [-0.1, -0.05) is 48.5 Å². The van der Waals surface area contributed by atoms with Gasteiger partial charge in [-0.05, 0) is 62.6 Å². The van der Waals surface area contributed by atoms with E-state index in [2.05, 4.69) is 41.9 Å². The van der Waals surface area contributed by atoms with Crippen LogP contribution in [0.2, 0.25) is 0 Å². The predicted octanol–water partition coefficient (Wildman–Crippen LogP) is -0.628. The van der Waals surface area contributed by atoms with Gasteiger partial charge in [0.25, 0.3) is 0 Å². The van der Waals surface area contributed by atoms with Gasteiger partial charge in [0.05, 0.1) is 0 Å². The van der Waals surface area contributed by atoms with Crippen molar-refractivity contribution in [2.75, 3.05) is 19.6 Å². The Morgan fingerprint density at radius 1 is 0.881 bits per heavy atom. The molecule has 0 radical (unpaired) electrons. The van der Waals surface area contributed by atoms with E-state index >= 15 is 0 Å². The molecule has 6 atom stereocenters. The van der Waals surface area contributed by atoms with E-state index in [4.69, 9.17) is 11.5 Å². The van der Waals surface area contributed by atoms with Crippen LogP contribution in [0.3, 0.4) is 0 Å². The third-order valence-electron chi connectivity index (χ3n) is 10.5. The molecule has 316 valence electrons. The molecular formula is C41H55N11O7. The highest BCUT2D eigenvalue weighted by Gasteiger charge is 2.39. The van der Waals surface area contributed by atoms with Crippen LogP contribution in [0, 0.1) is 0 Å². The van der Waals surface area contributed by atoms with Crippen LogP contribution in [0.15, 0.2) is 65.8 Å². The smallest absolute Gasteiger partial charge is 0.245 e. The van der Waals surface area contributed by atoms with Gasteiger partial charge in [-0.2, -0.15) is 0 Å². The van der Waals surface area contributed by atoms with Crippen molar-refractivity contribution in [2.24, 2.45) is 16.5 Å². The number of fused-ring (bicyclic) bond motifs is 2. The number of nitrogens with one attached hydrogen (secondary N) is 7. The lowest BCUT2D eigenvalue weighted by molar-refractivity contribution is -0.142. The van der Waals surface area contributed by atoms with Crippen molar-refractivity contribution in [3.05, 3.63) is 71.9 Å². The Bertz CT molecular complexity index is 2020. The van der Waals surface area contributed by atoms with Gasteiger partial charge in [0, 0.05) is 56.5 Å². The van der Waals surface area contributed by atoms with Crippen LogP contribution in [-0.2, 0) is 46.4 Å². The monoisotopic (exact) mass is 813 g/mol. The maximum absolute atomic E-state index is 14.3. The van der Waals surface area contributed by atoms with Gasteiger partial charge in [-0.25, -0.2) is 0 Å². The second-order valence-electron chi connectivity index (χ2n) is 15.0. The van der Waals surface area contributed by atoms with Gasteiger partial charge < -0.3 is 53.3 Å². The molecule has 59 heavy (non-hydrogen) atoms. The second-order valence-corrected chi connectivity index (χ2v) is 15.0. The molecule has 1 unspecified atom stereocenters. The number of carbonyl (C=O) groups is 7. The fourth-order valence-corrected chi connectivity index (χ4v) is 7.42. The number of carbonyl (C=O) groups excluding carboxylic acids is 7. The first kappa shape index (κ1) is 43.7. The summed E-state index contributed by atoms with van der Waals surface area (Å²) < 4.78 is 0. The quantitative estimate of drug-likeness (QED) is 0.0677. The van der Waals surface area contributed by atoms with Crippen LogP contribution < -0.4 is 43.4 Å². The van der Waals surface area contributed by atoms with Crippen LogP contribution in [0.4, 0.5) is 0 Å². The van der Waals surface area contributed by atoms with Crippen molar-refractivity contribution in [1.82, 2.24) is 41.8 Å². The number of H-pyrrole nitrogens is 1. The molecule has 1 aromatic heterocycles. The summed E-state index contributed by atoms with van der Waals surface area (Å²) in [7, 11) is 0. The van der Waals surface area contributed by atoms with E-state index in [1.165, 1.54) is 18.7 Å². The van der Waals surface area contributed by atoms with Gasteiger partial charge in [-0.3, -0.25) is 38.6 Å². The Kier molecular flexibility index (Phi) is 15.4. The average molecular weight is 814 g/mol. The van der Waals surface area contributed by atoms with E-state index in [-0.39, 0.29) is 57.7 Å². The highest BCUT2D eigenvalue weighted by atomic mass is 16.2. The molecule has 11 N–H and O–H groups in total. The number of rotatable bonds is 11. The van der Waals surface area contributed by atoms with E-state index in [0.29, 0.717) is 19.3 Å².